The number of fused-ring (bicyclic) bond motifs is 1. The van der Waals surface area contributed by atoms with Crippen LogP contribution in [0.15, 0.2) is 51.9 Å². The summed E-state index contributed by atoms with van der Waals surface area (Å²) in [4.78, 5) is 5.34. The second-order valence-corrected chi connectivity index (χ2v) is 8.04. The van der Waals surface area contributed by atoms with Crippen LogP contribution in [-0.2, 0) is 4.74 Å². The highest BCUT2D eigenvalue weighted by Gasteiger charge is 2.13. The Bertz CT molecular complexity index is 1140. The van der Waals surface area contributed by atoms with E-state index < -0.39 is 0 Å². The Labute approximate surface area is 188 Å². The van der Waals surface area contributed by atoms with Crippen molar-refractivity contribution in [1.82, 2.24) is 4.68 Å². The smallest absolute Gasteiger partial charge is 0.206 e. The third kappa shape index (κ3) is 4.70. The number of ether oxygens (including phenoxy) is 3. The minimum absolute atomic E-state index is 0.529. The minimum atomic E-state index is 0.529. The van der Waals surface area contributed by atoms with E-state index in [0.717, 1.165) is 27.4 Å². The molecule has 0 aliphatic carbocycles. The number of aromatic nitrogens is 1. The maximum Gasteiger partial charge on any atom is 0.206 e. The summed E-state index contributed by atoms with van der Waals surface area (Å²) >= 11 is 14.0. The van der Waals surface area contributed by atoms with E-state index in [9.17, 15) is 0 Å². The van der Waals surface area contributed by atoms with Gasteiger partial charge in [-0.3, -0.25) is 4.99 Å². The molecule has 1 aromatic heterocycles. The van der Waals surface area contributed by atoms with E-state index in [1.807, 2.05) is 29.6 Å². The van der Waals surface area contributed by atoms with Crippen molar-refractivity contribution in [2.24, 2.45) is 10.1 Å². The quantitative estimate of drug-likeness (QED) is 0.392. The van der Waals surface area contributed by atoms with Crippen molar-refractivity contribution < 1.29 is 14.2 Å². The van der Waals surface area contributed by atoms with Gasteiger partial charge in [-0.15, -0.1) is 11.3 Å². The molecule has 0 radical (unpaired) electrons. The van der Waals surface area contributed by atoms with Crippen molar-refractivity contribution >= 4 is 40.8 Å². The summed E-state index contributed by atoms with van der Waals surface area (Å²) in [6.45, 7) is 2.16. The van der Waals surface area contributed by atoms with E-state index >= 15 is 0 Å². The number of benzene rings is 2. The Morgan fingerprint density at radius 2 is 1.97 bits per heavy atom. The molecule has 6 nitrogen and oxygen atoms in total. The maximum absolute atomic E-state index is 6.44. The fraction of sp³-hybridized carbons (Fsp3) is 0.238. The van der Waals surface area contributed by atoms with E-state index in [2.05, 4.69) is 10.1 Å². The normalized spacial score (nSPS) is 13.9. The first kappa shape index (κ1) is 20.9. The number of rotatable bonds is 6. The Kier molecular flexibility index (Phi) is 6.74. The second kappa shape index (κ2) is 9.66. The molecule has 9 heteroatoms. The lowest BCUT2D eigenvalue weighted by Gasteiger charge is -2.18. The fourth-order valence-electron chi connectivity index (χ4n) is 2.90. The third-order valence-corrected chi connectivity index (χ3v) is 5.73. The van der Waals surface area contributed by atoms with E-state index in [0.29, 0.717) is 42.2 Å². The Morgan fingerprint density at radius 3 is 2.77 bits per heavy atom. The number of methoxy groups -OCH3 is 1. The number of hydrogen-bond donors (Lipinski definition) is 0. The van der Waals surface area contributed by atoms with Gasteiger partial charge in [-0.05, 0) is 42.0 Å². The summed E-state index contributed by atoms with van der Waals surface area (Å²) in [6.07, 6.45) is 1.76. The molecule has 0 unspecified atom stereocenters. The molecule has 0 amide bonds. The average molecular weight is 464 g/mol. The standard InChI is InChI=1S/C21H19Cl2N3O3S/c1-27-7-6-24-21-26(18(13-30-21)16-4-3-15(22)11-17(16)23)25-12-14-2-5-19-20(10-14)29-9-8-28-19/h2-5,10-13H,6-9H2,1H3/b24-21?,25-12+. The van der Waals surface area contributed by atoms with Crippen LogP contribution in [0.3, 0.4) is 0 Å². The number of thiazole rings is 1. The van der Waals surface area contributed by atoms with Crippen molar-refractivity contribution in [1.29, 1.82) is 0 Å². The lowest BCUT2D eigenvalue weighted by atomic mass is 10.2. The topological polar surface area (TPSA) is 57.3 Å². The van der Waals surface area contributed by atoms with E-state index in [4.69, 9.17) is 37.4 Å². The molecule has 0 atom stereocenters. The minimum Gasteiger partial charge on any atom is -0.486 e. The molecule has 156 valence electrons. The summed E-state index contributed by atoms with van der Waals surface area (Å²) < 4.78 is 18.1. The first-order valence-corrected chi connectivity index (χ1v) is 10.9. The van der Waals surface area contributed by atoms with Gasteiger partial charge in [0.2, 0.25) is 4.80 Å². The van der Waals surface area contributed by atoms with Gasteiger partial charge in [-0.25, -0.2) is 4.68 Å². The zero-order valence-corrected chi connectivity index (χ0v) is 18.5. The van der Waals surface area contributed by atoms with E-state index in [1.54, 1.807) is 30.1 Å². The van der Waals surface area contributed by atoms with E-state index in [-0.39, 0.29) is 0 Å². The number of nitrogens with zero attached hydrogens (tertiary/aromatic N) is 3. The van der Waals surface area contributed by atoms with E-state index in [1.165, 1.54) is 11.3 Å². The van der Waals surface area contributed by atoms with Crippen molar-refractivity contribution in [2.45, 2.75) is 0 Å². The van der Waals surface area contributed by atoms with Crippen molar-refractivity contribution in [3.05, 3.63) is 62.2 Å². The monoisotopic (exact) mass is 463 g/mol. The summed E-state index contributed by atoms with van der Waals surface area (Å²) in [5, 5.41) is 7.78. The molecular weight excluding hydrogens is 445 g/mol. The summed E-state index contributed by atoms with van der Waals surface area (Å²) in [7, 11) is 1.65. The predicted molar refractivity (Wildman–Crippen MR) is 120 cm³/mol. The number of halogens is 2. The molecule has 4 rings (SSSR count). The molecule has 0 spiro atoms. The summed E-state index contributed by atoms with van der Waals surface area (Å²) in [6, 6.07) is 11.1. The van der Waals surface area contributed by atoms with Crippen LogP contribution in [0.25, 0.3) is 11.3 Å². The lowest BCUT2D eigenvalue weighted by molar-refractivity contribution is 0.171. The largest absolute Gasteiger partial charge is 0.486 e. The van der Waals surface area contributed by atoms with Crippen LogP contribution in [0.5, 0.6) is 11.5 Å². The van der Waals surface area contributed by atoms with Crippen molar-refractivity contribution in [2.75, 3.05) is 33.5 Å². The molecule has 0 saturated heterocycles. The summed E-state index contributed by atoms with van der Waals surface area (Å²) in [5.41, 5.74) is 2.53. The van der Waals surface area contributed by atoms with Gasteiger partial charge in [-0.1, -0.05) is 23.2 Å². The Morgan fingerprint density at radius 1 is 1.13 bits per heavy atom. The highest BCUT2D eigenvalue weighted by atomic mass is 35.5. The van der Waals surface area contributed by atoms with Crippen LogP contribution < -0.4 is 14.3 Å². The first-order chi connectivity index (χ1) is 14.7. The third-order valence-electron chi connectivity index (χ3n) is 4.32. The zero-order chi connectivity index (χ0) is 20.9. The molecule has 0 bridgehead atoms. The van der Waals surface area contributed by atoms with Gasteiger partial charge in [0.1, 0.15) is 13.2 Å². The van der Waals surface area contributed by atoms with Gasteiger partial charge in [0.25, 0.3) is 0 Å². The van der Waals surface area contributed by atoms with Crippen LogP contribution >= 0.6 is 34.5 Å². The molecule has 1 aliphatic rings. The van der Waals surface area contributed by atoms with Gasteiger partial charge in [0.15, 0.2) is 11.5 Å². The van der Waals surface area contributed by atoms with Crippen molar-refractivity contribution in [3.63, 3.8) is 0 Å². The van der Waals surface area contributed by atoms with Gasteiger partial charge in [0.05, 0.1) is 30.1 Å². The number of hydrogen-bond acceptors (Lipinski definition) is 6. The molecule has 1 aliphatic heterocycles. The first-order valence-electron chi connectivity index (χ1n) is 9.25. The van der Waals surface area contributed by atoms with Gasteiger partial charge in [0, 0.05) is 23.1 Å². The molecule has 30 heavy (non-hydrogen) atoms. The molecule has 3 aromatic rings. The fourth-order valence-corrected chi connectivity index (χ4v) is 4.26. The van der Waals surface area contributed by atoms with Crippen LogP contribution in [0.1, 0.15) is 5.56 Å². The van der Waals surface area contributed by atoms with Crippen LogP contribution in [0.4, 0.5) is 0 Å². The van der Waals surface area contributed by atoms with Crippen LogP contribution in [0.2, 0.25) is 10.0 Å². The molecule has 2 heterocycles. The molecule has 0 N–H and O–H groups in total. The van der Waals surface area contributed by atoms with Crippen molar-refractivity contribution in [3.8, 4) is 22.8 Å². The molecule has 2 aromatic carbocycles. The SMILES string of the molecule is COCCN=c1scc(-c2ccc(Cl)cc2Cl)n1/N=C/c1ccc2c(c1)OCCO2. The highest BCUT2D eigenvalue weighted by molar-refractivity contribution is 7.07. The van der Waals surface area contributed by atoms with Gasteiger partial charge >= 0.3 is 0 Å². The lowest BCUT2D eigenvalue weighted by Crippen LogP contribution is -2.15. The van der Waals surface area contributed by atoms with Gasteiger partial charge < -0.3 is 14.2 Å². The highest BCUT2D eigenvalue weighted by Crippen LogP contribution is 2.32. The maximum atomic E-state index is 6.44. The molecule has 0 fully saturated rings. The van der Waals surface area contributed by atoms with Crippen LogP contribution in [-0.4, -0.2) is 44.4 Å². The molecule has 0 saturated carbocycles. The molecular formula is C21H19Cl2N3O3S. The Balaban J connectivity index is 1.73. The Hall–Kier alpha value is -2.32. The summed E-state index contributed by atoms with van der Waals surface area (Å²) in [5.74, 6) is 1.46. The second-order valence-electron chi connectivity index (χ2n) is 6.36. The zero-order valence-electron chi connectivity index (χ0n) is 16.2. The van der Waals surface area contributed by atoms with Gasteiger partial charge in [-0.2, -0.15) is 5.10 Å². The average Bonchev–Trinajstić information content (AvgIpc) is 3.14. The van der Waals surface area contributed by atoms with Crippen LogP contribution in [0, 0.1) is 0 Å². The predicted octanol–water partition coefficient (Wildman–Crippen LogP) is 4.72.